The summed E-state index contributed by atoms with van der Waals surface area (Å²) in [6, 6.07) is 6.78. The Kier molecular flexibility index (Phi) is 4.77. The lowest BCUT2D eigenvalue weighted by Gasteiger charge is -2.35. The van der Waals surface area contributed by atoms with Crippen LogP contribution in [0.1, 0.15) is 55.9 Å². The Hall–Kier alpha value is -3.68. The number of carbonyl (C=O) groups is 2. The Morgan fingerprint density at radius 1 is 1.21 bits per heavy atom. The van der Waals surface area contributed by atoms with Gasteiger partial charge in [-0.25, -0.2) is 9.78 Å². The van der Waals surface area contributed by atoms with Gasteiger partial charge < -0.3 is 19.1 Å². The van der Waals surface area contributed by atoms with E-state index in [1.807, 2.05) is 6.92 Å². The second-order valence-electron chi connectivity index (χ2n) is 8.37. The van der Waals surface area contributed by atoms with Crippen molar-refractivity contribution < 1.29 is 24.2 Å². The van der Waals surface area contributed by atoms with Crippen LogP contribution in [0, 0.1) is 0 Å². The average molecular weight is 448 g/mol. The molecule has 0 unspecified atom stereocenters. The van der Waals surface area contributed by atoms with Crippen LogP contribution in [0.15, 0.2) is 29.1 Å². The summed E-state index contributed by atoms with van der Waals surface area (Å²) >= 11 is 0. The number of hydrogen-bond acceptors (Lipinski definition) is 7. The van der Waals surface area contributed by atoms with E-state index in [2.05, 4.69) is 0 Å². The summed E-state index contributed by atoms with van der Waals surface area (Å²) in [7, 11) is 0. The highest BCUT2D eigenvalue weighted by molar-refractivity contribution is 5.90. The van der Waals surface area contributed by atoms with Gasteiger partial charge in [0.2, 0.25) is 5.60 Å². The number of phenols is 1. The molecule has 1 N–H and O–H groups in total. The molecule has 1 atom stereocenters. The van der Waals surface area contributed by atoms with Crippen molar-refractivity contribution in [1.29, 1.82) is 0 Å². The van der Waals surface area contributed by atoms with Crippen molar-refractivity contribution in [3.63, 3.8) is 0 Å². The predicted octanol–water partition coefficient (Wildman–Crippen LogP) is 3.31. The standard InChI is InChI=1S/C25H24N2O6/c1-4-14-15-9-13(28)7-8-19(15)26-22-16(14)11-27-20(22)10-18-17(23(27)30)12-32-24(31)25(18,6-3)33-21(29)5-2/h7-10,28H,4-6,11-12H2,1-3H3/t25-/m1/s1. The minimum absolute atomic E-state index is 0.0946. The summed E-state index contributed by atoms with van der Waals surface area (Å²) in [6.45, 7) is 5.56. The number of cyclic esters (lactones) is 1. The van der Waals surface area contributed by atoms with Crippen molar-refractivity contribution in [2.45, 2.75) is 58.8 Å². The van der Waals surface area contributed by atoms with Crippen LogP contribution in [-0.2, 0) is 44.2 Å². The number of hydrogen-bond donors (Lipinski definition) is 1. The summed E-state index contributed by atoms with van der Waals surface area (Å²) < 4.78 is 12.6. The van der Waals surface area contributed by atoms with E-state index in [4.69, 9.17) is 14.5 Å². The molecule has 0 radical (unpaired) electrons. The molecule has 0 bridgehead atoms. The van der Waals surface area contributed by atoms with E-state index in [0.29, 0.717) is 41.0 Å². The second kappa shape index (κ2) is 7.43. The number of nitrogens with zero attached hydrogens (tertiary/aromatic N) is 2. The van der Waals surface area contributed by atoms with Gasteiger partial charge in [-0.15, -0.1) is 0 Å². The highest BCUT2D eigenvalue weighted by Gasteiger charge is 2.50. The molecule has 8 nitrogen and oxygen atoms in total. The summed E-state index contributed by atoms with van der Waals surface area (Å²) in [5, 5.41) is 10.8. The molecule has 0 fully saturated rings. The number of aromatic hydroxyl groups is 1. The number of carbonyl (C=O) groups excluding carboxylic acids is 2. The molecule has 0 spiro atoms. The number of phenolic OH excluding ortho intramolecular Hbond substituents is 1. The highest BCUT2D eigenvalue weighted by Crippen LogP contribution is 2.42. The van der Waals surface area contributed by atoms with Gasteiger partial charge in [-0.05, 0) is 42.7 Å². The zero-order valence-electron chi connectivity index (χ0n) is 18.7. The van der Waals surface area contributed by atoms with E-state index in [1.54, 1.807) is 42.7 Å². The van der Waals surface area contributed by atoms with E-state index in [0.717, 1.165) is 16.5 Å². The van der Waals surface area contributed by atoms with Gasteiger partial charge in [-0.2, -0.15) is 0 Å². The van der Waals surface area contributed by atoms with Crippen molar-refractivity contribution in [3.05, 3.63) is 56.9 Å². The lowest BCUT2D eigenvalue weighted by molar-refractivity contribution is -0.189. The first-order valence-electron chi connectivity index (χ1n) is 11.2. The Morgan fingerprint density at radius 2 is 2.00 bits per heavy atom. The Balaban J connectivity index is 1.80. The van der Waals surface area contributed by atoms with E-state index in [1.165, 1.54) is 0 Å². The Labute approximate surface area is 189 Å². The van der Waals surface area contributed by atoms with Gasteiger partial charge in [0.15, 0.2) is 0 Å². The highest BCUT2D eigenvalue weighted by atomic mass is 16.6. The molecule has 8 heteroatoms. The second-order valence-corrected chi connectivity index (χ2v) is 8.37. The SMILES string of the molecule is CCC(=O)O[C@@]1(CC)C(=O)OCc2c1cc1n(c2=O)Cc2c-1nc1ccc(O)cc1c2CC. The van der Waals surface area contributed by atoms with Crippen LogP contribution in [0.5, 0.6) is 5.75 Å². The molecule has 3 aromatic rings. The molecule has 0 saturated carbocycles. The monoisotopic (exact) mass is 448 g/mol. The molecule has 2 aromatic heterocycles. The topological polar surface area (TPSA) is 108 Å². The quantitative estimate of drug-likeness (QED) is 0.477. The number of ether oxygens (including phenoxy) is 2. The Bertz CT molecular complexity index is 1410. The van der Waals surface area contributed by atoms with Gasteiger partial charge in [-0.1, -0.05) is 20.8 Å². The fourth-order valence-electron chi connectivity index (χ4n) is 4.98. The number of aryl methyl sites for hydroxylation is 1. The van der Waals surface area contributed by atoms with Crippen LogP contribution in [0.25, 0.3) is 22.3 Å². The third-order valence-electron chi connectivity index (χ3n) is 6.69. The van der Waals surface area contributed by atoms with E-state index in [-0.39, 0.29) is 30.8 Å². The molecule has 4 heterocycles. The maximum absolute atomic E-state index is 13.6. The van der Waals surface area contributed by atoms with Crippen LogP contribution in [-0.4, -0.2) is 26.6 Å². The number of esters is 2. The van der Waals surface area contributed by atoms with Crippen molar-refractivity contribution in [3.8, 4) is 17.1 Å². The molecule has 2 aliphatic rings. The molecule has 5 rings (SSSR count). The van der Waals surface area contributed by atoms with Crippen molar-refractivity contribution in [2.24, 2.45) is 0 Å². The molecule has 33 heavy (non-hydrogen) atoms. The lowest BCUT2D eigenvalue weighted by atomic mass is 9.85. The van der Waals surface area contributed by atoms with Gasteiger partial charge in [0.1, 0.15) is 12.4 Å². The number of aromatic nitrogens is 2. The third kappa shape index (κ3) is 2.90. The first-order chi connectivity index (χ1) is 15.8. The molecule has 170 valence electrons. The number of benzene rings is 1. The maximum Gasteiger partial charge on any atom is 0.355 e. The normalized spacial score (nSPS) is 18.5. The van der Waals surface area contributed by atoms with E-state index in [9.17, 15) is 19.5 Å². The molecule has 2 aliphatic heterocycles. The predicted molar refractivity (Wildman–Crippen MR) is 120 cm³/mol. The summed E-state index contributed by atoms with van der Waals surface area (Å²) in [5.74, 6) is -1.05. The average Bonchev–Trinajstić information content (AvgIpc) is 3.18. The Morgan fingerprint density at radius 3 is 2.70 bits per heavy atom. The molecule has 0 saturated heterocycles. The summed E-state index contributed by atoms with van der Waals surface area (Å²) in [6.07, 6.45) is 0.935. The van der Waals surface area contributed by atoms with Crippen molar-refractivity contribution in [1.82, 2.24) is 9.55 Å². The van der Waals surface area contributed by atoms with Gasteiger partial charge in [0.05, 0.1) is 29.0 Å². The van der Waals surface area contributed by atoms with E-state index < -0.39 is 17.5 Å². The fraction of sp³-hybridized carbons (Fsp3) is 0.360. The number of fused-ring (bicyclic) bond motifs is 5. The van der Waals surface area contributed by atoms with E-state index >= 15 is 0 Å². The van der Waals surface area contributed by atoms with Crippen LogP contribution in [0.2, 0.25) is 0 Å². The van der Waals surface area contributed by atoms with Crippen LogP contribution in [0.4, 0.5) is 0 Å². The zero-order chi connectivity index (χ0) is 23.5. The molecular formula is C25H24N2O6. The lowest BCUT2D eigenvalue weighted by Crippen LogP contribution is -2.47. The minimum atomic E-state index is -1.66. The summed E-state index contributed by atoms with van der Waals surface area (Å²) in [4.78, 5) is 43.5. The van der Waals surface area contributed by atoms with Gasteiger partial charge >= 0.3 is 11.9 Å². The first-order valence-corrected chi connectivity index (χ1v) is 11.2. The van der Waals surface area contributed by atoms with Crippen LogP contribution < -0.4 is 5.56 Å². The minimum Gasteiger partial charge on any atom is -0.508 e. The smallest absolute Gasteiger partial charge is 0.355 e. The first kappa shape index (κ1) is 21.2. The molecule has 1 aromatic carbocycles. The van der Waals surface area contributed by atoms with Crippen LogP contribution >= 0.6 is 0 Å². The molecule has 0 amide bonds. The van der Waals surface area contributed by atoms with Crippen molar-refractivity contribution >= 4 is 22.8 Å². The van der Waals surface area contributed by atoms with Gasteiger partial charge in [-0.3, -0.25) is 9.59 Å². The van der Waals surface area contributed by atoms with Gasteiger partial charge in [0, 0.05) is 22.9 Å². The largest absolute Gasteiger partial charge is 0.508 e. The van der Waals surface area contributed by atoms with Crippen molar-refractivity contribution in [2.75, 3.05) is 0 Å². The third-order valence-corrected chi connectivity index (χ3v) is 6.69. The molecular weight excluding hydrogens is 424 g/mol. The van der Waals surface area contributed by atoms with Gasteiger partial charge in [0.25, 0.3) is 5.56 Å². The number of rotatable bonds is 4. The fourth-order valence-corrected chi connectivity index (χ4v) is 4.98. The number of pyridine rings is 2. The molecule has 0 aliphatic carbocycles. The maximum atomic E-state index is 13.6. The van der Waals surface area contributed by atoms with Crippen LogP contribution in [0.3, 0.4) is 0 Å². The zero-order valence-corrected chi connectivity index (χ0v) is 18.7. The summed E-state index contributed by atoms with van der Waals surface area (Å²) in [5.41, 5.74) is 2.62.